The lowest BCUT2D eigenvalue weighted by molar-refractivity contribution is -0.143. The second kappa shape index (κ2) is 7.01. The first-order chi connectivity index (χ1) is 12.0. The maximum atomic E-state index is 13.3. The maximum Gasteiger partial charge on any atom is 0.328 e. The standard InChI is InChI=1S/C18H24N2O5/c1-3-24-15-7-5-4-6-13(15)16(21)20-14(17(22)23)12-25-18(20)8-10-19(2)11-9-18/h4-7,14H,3,8-12H2,1-2H3,(H,22,23)/t14-/m1/s1. The Morgan fingerprint density at radius 1 is 1.32 bits per heavy atom. The predicted octanol–water partition coefficient (Wildman–Crippen LogP) is 1.43. The van der Waals surface area contributed by atoms with E-state index in [-0.39, 0.29) is 12.5 Å². The molecule has 1 N–H and O–H groups in total. The molecule has 0 aliphatic carbocycles. The zero-order valence-electron chi connectivity index (χ0n) is 14.6. The molecule has 2 fully saturated rings. The van der Waals surface area contributed by atoms with Crippen molar-refractivity contribution in [1.82, 2.24) is 9.80 Å². The summed E-state index contributed by atoms with van der Waals surface area (Å²) in [5, 5.41) is 9.60. The number of ether oxygens (including phenoxy) is 2. The Labute approximate surface area is 147 Å². The molecular formula is C18H24N2O5. The summed E-state index contributed by atoms with van der Waals surface area (Å²) in [6, 6.07) is 5.97. The third-order valence-corrected chi connectivity index (χ3v) is 4.95. The molecule has 1 aromatic carbocycles. The number of carbonyl (C=O) groups excluding carboxylic acids is 1. The zero-order valence-corrected chi connectivity index (χ0v) is 14.6. The van der Waals surface area contributed by atoms with Gasteiger partial charge in [-0.05, 0) is 26.1 Å². The van der Waals surface area contributed by atoms with Gasteiger partial charge in [0, 0.05) is 25.9 Å². The van der Waals surface area contributed by atoms with E-state index < -0.39 is 17.7 Å². The molecule has 1 aromatic rings. The molecular weight excluding hydrogens is 324 g/mol. The fourth-order valence-electron chi connectivity index (χ4n) is 3.58. The highest BCUT2D eigenvalue weighted by molar-refractivity contribution is 5.99. The molecule has 2 heterocycles. The fraction of sp³-hybridized carbons (Fsp3) is 0.556. The van der Waals surface area contributed by atoms with Crippen molar-refractivity contribution in [3.8, 4) is 5.75 Å². The van der Waals surface area contributed by atoms with Gasteiger partial charge < -0.3 is 19.5 Å². The van der Waals surface area contributed by atoms with Crippen molar-refractivity contribution in [2.45, 2.75) is 31.5 Å². The number of piperidine rings is 1. The van der Waals surface area contributed by atoms with E-state index in [0.29, 0.717) is 30.8 Å². The fourth-order valence-corrected chi connectivity index (χ4v) is 3.58. The van der Waals surface area contributed by atoms with Crippen LogP contribution in [0.15, 0.2) is 24.3 Å². The third-order valence-electron chi connectivity index (χ3n) is 4.95. The van der Waals surface area contributed by atoms with E-state index in [4.69, 9.17) is 9.47 Å². The molecule has 0 bridgehead atoms. The molecule has 0 saturated carbocycles. The number of benzene rings is 1. The van der Waals surface area contributed by atoms with Crippen molar-refractivity contribution in [2.24, 2.45) is 0 Å². The second-order valence-electron chi connectivity index (χ2n) is 6.52. The van der Waals surface area contributed by atoms with E-state index in [1.165, 1.54) is 4.90 Å². The number of nitrogens with zero attached hydrogens (tertiary/aromatic N) is 2. The van der Waals surface area contributed by atoms with Crippen molar-refractivity contribution in [2.75, 3.05) is 33.4 Å². The van der Waals surface area contributed by atoms with Crippen LogP contribution in [0.25, 0.3) is 0 Å². The average molecular weight is 348 g/mol. The summed E-state index contributed by atoms with van der Waals surface area (Å²) in [6.07, 6.45) is 1.19. The average Bonchev–Trinajstić information content (AvgIpc) is 2.97. The van der Waals surface area contributed by atoms with E-state index in [9.17, 15) is 14.7 Å². The van der Waals surface area contributed by atoms with Gasteiger partial charge in [-0.25, -0.2) is 4.79 Å². The number of amides is 1. The lowest BCUT2D eigenvalue weighted by Gasteiger charge is -2.43. The zero-order chi connectivity index (χ0) is 18.0. The van der Waals surface area contributed by atoms with Crippen LogP contribution in [0.1, 0.15) is 30.1 Å². The van der Waals surface area contributed by atoms with Gasteiger partial charge >= 0.3 is 5.97 Å². The minimum Gasteiger partial charge on any atom is -0.493 e. The summed E-state index contributed by atoms with van der Waals surface area (Å²) in [6.45, 7) is 3.80. The van der Waals surface area contributed by atoms with Gasteiger partial charge in [0.25, 0.3) is 5.91 Å². The van der Waals surface area contributed by atoms with Crippen molar-refractivity contribution in [1.29, 1.82) is 0 Å². The Bertz CT molecular complexity index is 655. The van der Waals surface area contributed by atoms with Crippen LogP contribution in [0.3, 0.4) is 0 Å². The lowest BCUT2D eigenvalue weighted by atomic mass is 9.97. The normalized spacial score (nSPS) is 23.0. The number of hydrogen-bond acceptors (Lipinski definition) is 5. The molecule has 0 unspecified atom stereocenters. The van der Waals surface area contributed by atoms with Crippen LogP contribution in [0.5, 0.6) is 5.75 Å². The predicted molar refractivity (Wildman–Crippen MR) is 90.6 cm³/mol. The number of carboxylic acids is 1. The molecule has 2 saturated heterocycles. The summed E-state index contributed by atoms with van der Waals surface area (Å²) in [7, 11) is 2.01. The number of para-hydroxylation sites is 1. The van der Waals surface area contributed by atoms with Crippen molar-refractivity contribution >= 4 is 11.9 Å². The van der Waals surface area contributed by atoms with E-state index >= 15 is 0 Å². The quantitative estimate of drug-likeness (QED) is 0.887. The molecule has 3 rings (SSSR count). The molecule has 25 heavy (non-hydrogen) atoms. The maximum absolute atomic E-state index is 13.3. The van der Waals surface area contributed by atoms with Gasteiger partial charge in [0.15, 0.2) is 6.04 Å². The van der Waals surface area contributed by atoms with Gasteiger partial charge in [0.1, 0.15) is 11.5 Å². The topological polar surface area (TPSA) is 79.3 Å². The number of carboxylic acid groups (broad SMARTS) is 1. The van der Waals surface area contributed by atoms with Crippen LogP contribution in [-0.4, -0.2) is 71.9 Å². The molecule has 1 atom stereocenters. The highest BCUT2D eigenvalue weighted by atomic mass is 16.5. The number of likely N-dealkylation sites (tertiary alicyclic amines) is 1. The Balaban J connectivity index is 1.97. The number of aliphatic carboxylic acids is 1. The molecule has 136 valence electrons. The minimum absolute atomic E-state index is 0.0155. The number of carbonyl (C=O) groups is 2. The highest BCUT2D eigenvalue weighted by Crippen LogP contribution is 2.39. The van der Waals surface area contributed by atoms with Gasteiger partial charge in [0.2, 0.25) is 0 Å². The van der Waals surface area contributed by atoms with Gasteiger partial charge in [-0.2, -0.15) is 0 Å². The van der Waals surface area contributed by atoms with E-state index in [2.05, 4.69) is 4.90 Å². The Hall–Kier alpha value is -2.12. The first kappa shape index (κ1) is 17.7. The SMILES string of the molecule is CCOc1ccccc1C(=O)N1[C@@H](C(=O)O)COC12CCN(C)CC2. The Kier molecular flexibility index (Phi) is 4.96. The monoisotopic (exact) mass is 348 g/mol. The van der Waals surface area contributed by atoms with Crippen LogP contribution in [0, 0.1) is 0 Å². The highest BCUT2D eigenvalue weighted by Gasteiger charge is 2.54. The Morgan fingerprint density at radius 3 is 2.64 bits per heavy atom. The minimum atomic E-state index is -1.04. The molecule has 0 aromatic heterocycles. The van der Waals surface area contributed by atoms with Crippen LogP contribution in [-0.2, 0) is 9.53 Å². The summed E-state index contributed by atoms with van der Waals surface area (Å²) in [5.41, 5.74) is -0.481. The van der Waals surface area contributed by atoms with Crippen LogP contribution >= 0.6 is 0 Å². The first-order valence-corrected chi connectivity index (χ1v) is 8.59. The summed E-state index contributed by atoms with van der Waals surface area (Å²) in [5.74, 6) is -0.925. The van der Waals surface area contributed by atoms with Crippen LogP contribution in [0.2, 0.25) is 0 Å². The Morgan fingerprint density at radius 2 is 2.00 bits per heavy atom. The van der Waals surface area contributed by atoms with E-state index in [1.807, 2.05) is 14.0 Å². The number of rotatable bonds is 4. The largest absolute Gasteiger partial charge is 0.493 e. The molecule has 1 spiro atoms. The van der Waals surface area contributed by atoms with E-state index in [0.717, 1.165) is 13.1 Å². The van der Waals surface area contributed by atoms with Gasteiger partial charge in [-0.1, -0.05) is 12.1 Å². The molecule has 7 nitrogen and oxygen atoms in total. The van der Waals surface area contributed by atoms with Crippen LogP contribution < -0.4 is 4.74 Å². The van der Waals surface area contributed by atoms with E-state index in [1.54, 1.807) is 24.3 Å². The molecule has 7 heteroatoms. The lowest BCUT2D eigenvalue weighted by Crippen LogP contribution is -2.57. The van der Waals surface area contributed by atoms with Crippen molar-refractivity contribution in [3.63, 3.8) is 0 Å². The molecule has 2 aliphatic rings. The summed E-state index contributed by atoms with van der Waals surface area (Å²) < 4.78 is 11.5. The molecule has 0 radical (unpaired) electrons. The van der Waals surface area contributed by atoms with Gasteiger partial charge in [-0.15, -0.1) is 0 Å². The van der Waals surface area contributed by atoms with Crippen molar-refractivity contribution in [3.05, 3.63) is 29.8 Å². The third kappa shape index (κ3) is 3.21. The second-order valence-corrected chi connectivity index (χ2v) is 6.52. The summed E-state index contributed by atoms with van der Waals surface area (Å²) >= 11 is 0. The smallest absolute Gasteiger partial charge is 0.328 e. The molecule has 1 amide bonds. The first-order valence-electron chi connectivity index (χ1n) is 8.59. The van der Waals surface area contributed by atoms with Crippen LogP contribution in [0.4, 0.5) is 0 Å². The summed E-state index contributed by atoms with van der Waals surface area (Å²) in [4.78, 5) is 28.6. The van der Waals surface area contributed by atoms with Gasteiger partial charge in [0.05, 0.1) is 18.8 Å². The van der Waals surface area contributed by atoms with Gasteiger partial charge in [-0.3, -0.25) is 9.69 Å². The van der Waals surface area contributed by atoms with Crippen molar-refractivity contribution < 1.29 is 24.2 Å². The number of hydrogen-bond donors (Lipinski definition) is 1. The molecule has 2 aliphatic heterocycles.